The molecule has 0 aliphatic carbocycles. The van der Waals surface area contributed by atoms with Gasteiger partial charge in [-0.25, -0.2) is 0 Å². The number of rotatable bonds is 6. The van der Waals surface area contributed by atoms with Crippen LogP contribution < -0.4 is 0 Å². The highest BCUT2D eigenvalue weighted by Crippen LogP contribution is 2.39. The number of hydrogen-bond donors (Lipinski definition) is 1. The molecule has 94 valence electrons. The molecule has 2 fully saturated rings. The summed E-state index contributed by atoms with van der Waals surface area (Å²) >= 11 is 0. The normalized spacial score (nSPS) is 37.9. The minimum atomic E-state index is -0.558. The molecule has 2 rings (SSSR count). The topological polar surface area (TPSA) is 47.9 Å². The van der Waals surface area contributed by atoms with Crippen molar-refractivity contribution in [1.82, 2.24) is 0 Å². The van der Waals surface area contributed by atoms with E-state index in [0.29, 0.717) is 26.2 Å². The van der Waals surface area contributed by atoms with Gasteiger partial charge in [-0.2, -0.15) is 0 Å². The van der Waals surface area contributed by atoms with Crippen LogP contribution in [0, 0.1) is 0 Å². The maximum Gasteiger partial charge on any atom is 0.0719 e. The Morgan fingerprint density at radius 3 is 2.50 bits per heavy atom. The van der Waals surface area contributed by atoms with Crippen molar-refractivity contribution in [2.24, 2.45) is 0 Å². The van der Waals surface area contributed by atoms with Crippen LogP contribution >= 0.6 is 0 Å². The van der Waals surface area contributed by atoms with Crippen molar-refractivity contribution >= 4 is 0 Å². The lowest BCUT2D eigenvalue weighted by molar-refractivity contribution is -0.121. The highest BCUT2D eigenvalue weighted by Gasteiger charge is 2.43. The molecule has 0 aromatic carbocycles. The van der Waals surface area contributed by atoms with E-state index in [1.807, 2.05) is 0 Å². The predicted molar refractivity (Wildman–Crippen MR) is 59.4 cm³/mol. The molecule has 2 saturated heterocycles. The third-order valence-corrected chi connectivity index (χ3v) is 3.55. The molecule has 0 amide bonds. The lowest BCUT2D eigenvalue weighted by Gasteiger charge is -2.36. The first-order valence-corrected chi connectivity index (χ1v) is 6.16. The summed E-state index contributed by atoms with van der Waals surface area (Å²) < 4.78 is 16.0. The second-order valence-corrected chi connectivity index (χ2v) is 4.95. The van der Waals surface area contributed by atoms with Crippen molar-refractivity contribution in [2.45, 2.75) is 49.9 Å². The van der Waals surface area contributed by atoms with Crippen LogP contribution in [0.5, 0.6) is 0 Å². The first kappa shape index (κ1) is 12.3. The number of ether oxygens (including phenoxy) is 3. The number of methoxy groups -OCH3 is 1. The highest BCUT2D eigenvalue weighted by atomic mass is 16.5. The average Bonchev–Trinajstić information content (AvgIpc) is 2.58. The number of aliphatic hydroxyl groups is 1. The molecule has 16 heavy (non-hydrogen) atoms. The summed E-state index contributed by atoms with van der Waals surface area (Å²) in [5, 5.41) is 10.4. The van der Waals surface area contributed by atoms with E-state index in [-0.39, 0.29) is 12.2 Å². The molecule has 4 nitrogen and oxygen atoms in total. The Labute approximate surface area is 96.9 Å². The van der Waals surface area contributed by atoms with E-state index >= 15 is 0 Å². The van der Waals surface area contributed by atoms with Crippen LogP contribution in [0.1, 0.15) is 32.1 Å². The Hall–Kier alpha value is -0.160. The van der Waals surface area contributed by atoms with Crippen LogP contribution in [0.2, 0.25) is 0 Å². The molecule has 2 unspecified atom stereocenters. The summed E-state index contributed by atoms with van der Waals surface area (Å²) in [6, 6.07) is 0. The van der Waals surface area contributed by atoms with E-state index in [1.165, 1.54) is 0 Å². The molecule has 0 saturated carbocycles. The quantitative estimate of drug-likeness (QED) is 0.694. The van der Waals surface area contributed by atoms with E-state index in [2.05, 4.69) is 0 Å². The summed E-state index contributed by atoms with van der Waals surface area (Å²) in [5.74, 6) is 0. The van der Waals surface area contributed by atoms with E-state index in [0.717, 1.165) is 25.7 Å². The Bertz CT molecular complexity index is 207. The van der Waals surface area contributed by atoms with Gasteiger partial charge in [-0.3, -0.25) is 0 Å². The maximum atomic E-state index is 10.4. The number of hydrogen-bond acceptors (Lipinski definition) is 4. The fourth-order valence-electron chi connectivity index (χ4n) is 2.72. The molecular formula is C12H22O4. The Morgan fingerprint density at radius 2 is 1.88 bits per heavy atom. The molecule has 1 N–H and O–H groups in total. The van der Waals surface area contributed by atoms with Gasteiger partial charge in [0.1, 0.15) is 0 Å². The molecule has 2 aliphatic heterocycles. The second-order valence-electron chi connectivity index (χ2n) is 4.95. The molecule has 2 bridgehead atoms. The van der Waals surface area contributed by atoms with Gasteiger partial charge in [0, 0.05) is 26.6 Å². The average molecular weight is 230 g/mol. The van der Waals surface area contributed by atoms with Crippen LogP contribution in [0.3, 0.4) is 0 Å². The lowest BCUT2D eigenvalue weighted by Crippen LogP contribution is -2.41. The monoisotopic (exact) mass is 230 g/mol. The van der Waals surface area contributed by atoms with Crippen molar-refractivity contribution in [3.05, 3.63) is 0 Å². The lowest BCUT2D eigenvalue weighted by atomic mass is 9.87. The first-order chi connectivity index (χ1) is 7.72. The standard InChI is InChI=1S/C12H22O4/c1-14-6-7-15-5-4-12(13)8-10-2-3-11(9-12)16-10/h10-11,13H,2-9H2,1H3. The minimum absolute atomic E-state index is 0.280. The third-order valence-electron chi connectivity index (χ3n) is 3.55. The summed E-state index contributed by atoms with van der Waals surface area (Å²) in [6.45, 7) is 1.84. The van der Waals surface area contributed by atoms with E-state index in [1.54, 1.807) is 7.11 Å². The zero-order chi connectivity index (χ0) is 11.4. The Kier molecular flexibility index (Phi) is 4.19. The van der Waals surface area contributed by atoms with Gasteiger partial charge in [-0.05, 0) is 19.3 Å². The van der Waals surface area contributed by atoms with Crippen molar-refractivity contribution in [2.75, 3.05) is 26.9 Å². The van der Waals surface area contributed by atoms with Gasteiger partial charge in [0.2, 0.25) is 0 Å². The zero-order valence-corrected chi connectivity index (χ0v) is 9.98. The Morgan fingerprint density at radius 1 is 1.19 bits per heavy atom. The van der Waals surface area contributed by atoms with E-state index < -0.39 is 5.60 Å². The molecule has 4 heteroatoms. The molecule has 0 aromatic rings. The zero-order valence-electron chi connectivity index (χ0n) is 9.98. The first-order valence-electron chi connectivity index (χ1n) is 6.16. The van der Waals surface area contributed by atoms with Gasteiger partial charge in [-0.15, -0.1) is 0 Å². The summed E-state index contributed by atoms with van der Waals surface area (Å²) in [6.07, 6.45) is 5.04. The van der Waals surface area contributed by atoms with E-state index in [9.17, 15) is 5.11 Å². The SMILES string of the molecule is COCCOCCC1(O)CC2CCC(C1)O2. The van der Waals surface area contributed by atoms with Gasteiger partial charge in [-0.1, -0.05) is 0 Å². The maximum absolute atomic E-state index is 10.4. The summed E-state index contributed by atoms with van der Waals surface area (Å²) in [4.78, 5) is 0. The van der Waals surface area contributed by atoms with Gasteiger partial charge >= 0.3 is 0 Å². The van der Waals surface area contributed by atoms with Crippen molar-refractivity contribution in [1.29, 1.82) is 0 Å². The Balaban J connectivity index is 1.67. The molecule has 0 spiro atoms. The molecular weight excluding hydrogens is 208 g/mol. The van der Waals surface area contributed by atoms with Crippen LogP contribution in [0.15, 0.2) is 0 Å². The van der Waals surface area contributed by atoms with E-state index in [4.69, 9.17) is 14.2 Å². The summed E-state index contributed by atoms with van der Waals surface area (Å²) in [7, 11) is 1.66. The molecule has 0 radical (unpaired) electrons. The minimum Gasteiger partial charge on any atom is -0.390 e. The van der Waals surface area contributed by atoms with Crippen molar-refractivity contribution in [3.8, 4) is 0 Å². The van der Waals surface area contributed by atoms with Crippen molar-refractivity contribution in [3.63, 3.8) is 0 Å². The molecule has 2 atom stereocenters. The number of fused-ring (bicyclic) bond motifs is 2. The van der Waals surface area contributed by atoms with Gasteiger partial charge in [0.25, 0.3) is 0 Å². The summed E-state index contributed by atoms with van der Waals surface area (Å²) in [5.41, 5.74) is -0.558. The largest absolute Gasteiger partial charge is 0.390 e. The molecule has 2 heterocycles. The van der Waals surface area contributed by atoms with Gasteiger partial charge in [0.15, 0.2) is 0 Å². The van der Waals surface area contributed by atoms with Gasteiger partial charge < -0.3 is 19.3 Å². The smallest absolute Gasteiger partial charge is 0.0719 e. The molecule has 2 aliphatic rings. The van der Waals surface area contributed by atoms with Gasteiger partial charge in [0.05, 0.1) is 31.0 Å². The van der Waals surface area contributed by atoms with Crippen LogP contribution in [-0.4, -0.2) is 49.8 Å². The molecule has 0 aromatic heterocycles. The van der Waals surface area contributed by atoms with Crippen LogP contribution in [0.4, 0.5) is 0 Å². The van der Waals surface area contributed by atoms with Crippen molar-refractivity contribution < 1.29 is 19.3 Å². The fourth-order valence-corrected chi connectivity index (χ4v) is 2.72. The van der Waals surface area contributed by atoms with Crippen LogP contribution in [0.25, 0.3) is 0 Å². The fraction of sp³-hybridized carbons (Fsp3) is 1.00. The van der Waals surface area contributed by atoms with Crippen LogP contribution in [-0.2, 0) is 14.2 Å². The predicted octanol–water partition coefficient (Wildman–Crippen LogP) is 1.11. The third kappa shape index (κ3) is 3.17. The second kappa shape index (κ2) is 5.45. The highest BCUT2D eigenvalue weighted by molar-refractivity contribution is 4.94.